The van der Waals surface area contributed by atoms with E-state index in [2.05, 4.69) is 19.2 Å². The van der Waals surface area contributed by atoms with Crippen molar-refractivity contribution in [1.82, 2.24) is 5.32 Å². The molecule has 4 heteroatoms. The molecule has 0 unspecified atom stereocenters. The minimum absolute atomic E-state index is 0.0567. The van der Waals surface area contributed by atoms with Crippen LogP contribution in [-0.2, 0) is 0 Å². The van der Waals surface area contributed by atoms with Gasteiger partial charge in [0.15, 0.2) is 0 Å². The molecule has 0 fully saturated rings. The van der Waals surface area contributed by atoms with Crippen molar-refractivity contribution in [1.29, 1.82) is 0 Å². The van der Waals surface area contributed by atoms with E-state index in [1.807, 2.05) is 62.4 Å². The summed E-state index contributed by atoms with van der Waals surface area (Å²) in [4.78, 5) is 13.5. The maximum Gasteiger partial charge on any atom is 0.252 e. The van der Waals surface area contributed by atoms with Gasteiger partial charge < -0.3 is 10.1 Å². The molecule has 0 radical (unpaired) electrons. The lowest BCUT2D eigenvalue weighted by atomic mass is 10.2. The van der Waals surface area contributed by atoms with Crippen molar-refractivity contribution in [3.63, 3.8) is 0 Å². The molecular weight excluding hydrogens is 318 g/mol. The van der Waals surface area contributed by atoms with Crippen LogP contribution in [0.15, 0.2) is 53.4 Å². The molecule has 0 spiro atoms. The van der Waals surface area contributed by atoms with E-state index in [0.717, 1.165) is 16.2 Å². The van der Waals surface area contributed by atoms with Crippen LogP contribution >= 0.6 is 11.8 Å². The summed E-state index contributed by atoms with van der Waals surface area (Å²) in [6.45, 7) is 8.67. The summed E-state index contributed by atoms with van der Waals surface area (Å²) in [6.07, 6.45) is 0. The van der Waals surface area contributed by atoms with E-state index in [1.54, 1.807) is 11.8 Å². The first-order chi connectivity index (χ1) is 11.5. The second kappa shape index (κ2) is 8.78. The molecule has 1 N–H and O–H groups in total. The summed E-state index contributed by atoms with van der Waals surface area (Å²) in [5.74, 6) is 0.760. The molecule has 1 amide bonds. The van der Waals surface area contributed by atoms with Gasteiger partial charge in [-0.3, -0.25) is 4.79 Å². The number of ether oxygens (including phenoxy) is 1. The van der Waals surface area contributed by atoms with Gasteiger partial charge in [0.05, 0.1) is 11.6 Å². The van der Waals surface area contributed by atoms with Crippen LogP contribution in [0.5, 0.6) is 5.75 Å². The second-order valence-corrected chi connectivity index (χ2v) is 7.78. The minimum atomic E-state index is -0.0732. The fourth-order valence-corrected chi connectivity index (χ4v) is 3.16. The standard InChI is InChI=1S/C20H25NO2S/c1-14(2)24-19-8-6-5-7-18(19)20(22)21-16(4)13-23-17-11-9-15(3)10-12-17/h5-12,14,16H,13H2,1-4H3,(H,21,22)/t16-/m1/s1. The Morgan fingerprint density at radius 2 is 1.75 bits per heavy atom. The molecule has 0 aromatic heterocycles. The Kier molecular flexibility index (Phi) is 6.73. The molecule has 2 aromatic carbocycles. The SMILES string of the molecule is Cc1ccc(OC[C@@H](C)NC(=O)c2ccccc2SC(C)C)cc1. The van der Waals surface area contributed by atoms with Gasteiger partial charge in [-0.15, -0.1) is 11.8 Å². The summed E-state index contributed by atoms with van der Waals surface area (Å²) < 4.78 is 5.73. The maximum atomic E-state index is 12.5. The number of hydrogen-bond acceptors (Lipinski definition) is 3. The van der Waals surface area contributed by atoms with Gasteiger partial charge in [0.25, 0.3) is 5.91 Å². The maximum absolute atomic E-state index is 12.5. The third-order valence-electron chi connectivity index (χ3n) is 3.39. The third-order valence-corrected chi connectivity index (χ3v) is 4.47. The fourth-order valence-electron chi connectivity index (χ4n) is 2.21. The average Bonchev–Trinajstić information content (AvgIpc) is 2.54. The molecule has 2 aromatic rings. The quantitative estimate of drug-likeness (QED) is 0.741. The lowest BCUT2D eigenvalue weighted by Crippen LogP contribution is -2.37. The van der Waals surface area contributed by atoms with E-state index >= 15 is 0 Å². The molecule has 0 saturated heterocycles. The first kappa shape index (κ1) is 18.4. The number of hydrogen-bond donors (Lipinski definition) is 1. The van der Waals surface area contributed by atoms with Crippen molar-refractivity contribution in [2.75, 3.05) is 6.61 Å². The number of rotatable bonds is 7. The summed E-state index contributed by atoms with van der Waals surface area (Å²) in [6, 6.07) is 15.6. The molecule has 1 atom stereocenters. The molecule has 0 aliphatic rings. The Labute approximate surface area is 148 Å². The number of thioether (sulfide) groups is 1. The van der Waals surface area contributed by atoms with Gasteiger partial charge >= 0.3 is 0 Å². The van der Waals surface area contributed by atoms with Gasteiger partial charge in [0.1, 0.15) is 12.4 Å². The molecule has 0 saturated carbocycles. The van der Waals surface area contributed by atoms with E-state index in [-0.39, 0.29) is 11.9 Å². The summed E-state index contributed by atoms with van der Waals surface area (Å²) in [5, 5.41) is 3.45. The number of benzene rings is 2. The topological polar surface area (TPSA) is 38.3 Å². The average molecular weight is 343 g/mol. The first-order valence-corrected chi connectivity index (χ1v) is 9.09. The highest BCUT2D eigenvalue weighted by Gasteiger charge is 2.15. The first-order valence-electron chi connectivity index (χ1n) is 8.21. The van der Waals surface area contributed by atoms with Crippen LogP contribution < -0.4 is 10.1 Å². The van der Waals surface area contributed by atoms with Crippen LogP contribution in [-0.4, -0.2) is 23.8 Å². The summed E-state index contributed by atoms with van der Waals surface area (Å²) >= 11 is 1.70. The Bertz CT molecular complexity index is 668. The highest BCUT2D eigenvalue weighted by molar-refractivity contribution is 8.00. The second-order valence-electron chi connectivity index (χ2n) is 6.16. The molecule has 0 bridgehead atoms. The smallest absolute Gasteiger partial charge is 0.252 e. The number of carbonyl (C=O) groups excluding carboxylic acids is 1. The zero-order valence-corrected chi connectivity index (χ0v) is 15.5. The molecule has 0 heterocycles. The predicted octanol–water partition coefficient (Wildman–Crippen LogP) is 4.69. The Morgan fingerprint density at radius 1 is 1.08 bits per heavy atom. The Hall–Kier alpha value is -1.94. The van der Waals surface area contributed by atoms with Crippen LogP contribution in [0.1, 0.15) is 36.7 Å². The summed E-state index contributed by atoms with van der Waals surface area (Å²) in [5.41, 5.74) is 1.92. The van der Waals surface area contributed by atoms with Crippen molar-refractivity contribution >= 4 is 17.7 Å². The Morgan fingerprint density at radius 3 is 2.42 bits per heavy atom. The lowest BCUT2D eigenvalue weighted by molar-refractivity contribution is 0.0923. The molecule has 128 valence electrons. The van der Waals surface area contributed by atoms with Crippen molar-refractivity contribution in [2.45, 2.75) is 43.9 Å². The zero-order valence-electron chi connectivity index (χ0n) is 14.7. The normalized spacial score (nSPS) is 12.0. The third kappa shape index (κ3) is 5.60. The number of carbonyl (C=O) groups is 1. The predicted molar refractivity (Wildman–Crippen MR) is 101 cm³/mol. The molecular formula is C20H25NO2S. The summed E-state index contributed by atoms with van der Waals surface area (Å²) in [7, 11) is 0. The monoisotopic (exact) mass is 343 g/mol. The van der Waals surface area contributed by atoms with Crippen LogP contribution in [0.3, 0.4) is 0 Å². The van der Waals surface area contributed by atoms with Crippen LogP contribution in [0.4, 0.5) is 0 Å². The van der Waals surface area contributed by atoms with E-state index in [1.165, 1.54) is 5.56 Å². The molecule has 0 aliphatic heterocycles. The van der Waals surface area contributed by atoms with Gasteiger partial charge in [0.2, 0.25) is 0 Å². The number of amides is 1. The van der Waals surface area contributed by atoms with Crippen molar-refractivity contribution in [3.8, 4) is 5.75 Å². The van der Waals surface area contributed by atoms with E-state index in [0.29, 0.717) is 11.9 Å². The van der Waals surface area contributed by atoms with E-state index in [4.69, 9.17) is 4.74 Å². The van der Waals surface area contributed by atoms with Gasteiger partial charge in [-0.25, -0.2) is 0 Å². The van der Waals surface area contributed by atoms with Crippen molar-refractivity contribution < 1.29 is 9.53 Å². The van der Waals surface area contributed by atoms with Crippen molar-refractivity contribution in [3.05, 3.63) is 59.7 Å². The van der Waals surface area contributed by atoms with Gasteiger partial charge in [0, 0.05) is 10.1 Å². The van der Waals surface area contributed by atoms with Crippen LogP contribution in [0.2, 0.25) is 0 Å². The highest BCUT2D eigenvalue weighted by Crippen LogP contribution is 2.26. The molecule has 2 rings (SSSR count). The minimum Gasteiger partial charge on any atom is -0.491 e. The molecule has 0 aliphatic carbocycles. The van der Waals surface area contributed by atoms with Gasteiger partial charge in [-0.2, -0.15) is 0 Å². The zero-order chi connectivity index (χ0) is 17.5. The number of nitrogens with one attached hydrogen (secondary N) is 1. The van der Waals surface area contributed by atoms with Gasteiger partial charge in [-0.05, 0) is 38.1 Å². The molecule has 24 heavy (non-hydrogen) atoms. The number of aryl methyl sites for hydroxylation is 1. The highest BCUT2D eigenvalue weighted by atomic mass is 32.2. The van der Waals surface area contributed by atoms with Crippen molar-refractivity contribution in [2.24, 2.45) is 0 Å². The molecule has 3 nitrogen and oxygen atoms in total. The lowest BCUT2D eigenvalue weighted by Gasteiger charge is -2.17. The van der Waals surface area contributed by atoms with E-state index in [9.17, 15) is 4.79 Å². The van der Waals surface area contributed by atoms with Gasteiger partial charge in [-0.1, -0.05) is 43.7 Å². The van der Waals surface area contributed by atoms with Crippen LogP contribution in [0, 0.1) is 6.92 Å². The largest absolute Gasteiger partial charge is 0.491 e. The fraction of sp³-hybridized carbons (Fsp3) is 0.350. The Balaban J connectivity index is 1.93. The van der Waals surface area contributed by atoms with E-state index < -0.39 is 0 Å². The van der Waals surface area contributed by atoms with Crippen LogP contribution in [0.25, 0.3) is 0 Å².